The smallest absolute Gasteiger partial charge is 0.144 e. The Bertz CT molecular complexity index is 382. The molecule has 0 amide bonds. The van der Waals surface area contributed by atoms with Gasteiger partial charge in [-0.3, -0.25) is 0 Å². The quantitative estimate of drug-likeness (QED) is 0.699. The number of aromatic nitrogens is 1. The minimum Gasteiger partial charge on any atom is -0.496 e. The van der Waals surface area contributed by atoms with Crippen molar-refractivity contribution in [1.82, 2.24) is 5.16 Å². The van der Waals surface area contributed by atoms with Gasteiger partial charge in [0.1, 0.15) is 18.2 Å². The van der Waals surface area contributed by atoms with Crippen LogP contribution in [0.5, 0.6) is 5.75 Å². The number of nitrogens with zero attached hydrogens (tertiary/aromatic N) is 1. The zero-order valence-electron chi connectivity index (χ0n) is 7.15. The van der Waals surface area contributed by atoms with E-state index >= 15 is 0 Å². The Morgan fingerprint density at radius 1 is 1.38 bits per heavy atom. The summed E-state index contributed by atoms with van der Waals surface area (Å²) in [5.74, 6) is 0.793. The van der Waals surface area contributed by atoms with E-state index in [1.54, 1.807) is 7.11 Å². The van der Waals surface area contributed by atoms with Crippen LogP contribution in [0.2, 0.25) is 0 Å². The number of para-hydroxylation sites is 1. The van der Waals surface area contributed by atoms with E-state index in [1.165, 1.54) is 6.26 Å². The molecule has 0 aliphatic heterocycles. The van der Waals surface area contributed by atoms with Crippen molar-refractivity contribution in [3.8, 4) is 16.9 Å². The molecule has 1 aromatic heterocycles. The average Bonchev–Trinajstić information content (AvgIpc) is 2.70. The van der Waals surface area contributed by atoms with Crippen LogP contribution in [0, 0.1) is 6.20 Å². The van der Waals surface area contributed by atoms with E-state index in [4.69, 9.17) is 9.26 Å². The van der Waals surface area contributed by atoms with Gasteiger partial charge >= 0.3 is 0 Å². The Morgan fingerprint density at radius 2 is 2.23 bits per heavy atom. The van der Waals surface area contributed by atoms with Crippen LogP contribution in [-0.2, 0) is 0 Å². The highest BCUT2D eigenvalue weighted by molar-refractivity contribution is 5.68. The Morgan fingerprint density at radius 3 is 2.92 bits per heavy atom. The minimum atomic E-state index is 0.793. The van der Waals surface area contributed by atoms with Crippen LogP contribution >= 0.6 is 0 Å². The van der Waals surface area contributed by atoms with Gasteiger partial charge in [0.2, 0.25) is 0 Å². The summed E-state index contributed by atoms with van der Waals surface area (Å²) in [5.41, 5.74) is 1.74. The van der Waals surface area contributed by atoms with Crippen LogP contribution in [0.1, 0.15) is 0 Å². The third kappa shape index (κ3) is 1.40. The largest absolute Gasteiger partial charge is 0.496 e. The first kappa shape index (κ1) is 7.86. The van der Waals surface area contributed by atoms with Crippen molar-refractivity contribution >= 4 is 0 Å². The summed E-state index contributed by atoms with van der Waals surface area (Å²) >= 11 is 0. The lowest BCUT2D eigenvalue weighted by Crippen LogP contribution is -1.85. The van der Waals surface area contributed by atoms with Crippen LogP contribution in [0.3, 0.4) is 0 Å². The Hall–Kier alpha value is -1.77. The van der Waals surface area contributed by atoms with Gasteiger partial charge in [-0.15, -0.1) is 0 Å². The summed E-state index contributed by atoms with van der Waals surface area (Å²) in [7, 11) is 1.63. The van der Waals surface area contributed by atoms with Crippen molar-refractivity contribution in [1.29, 1.82) is 0 Å². The molecule has 0 spiro atoms. The van der Waals surface area contributed by atoms with Crippen LogP contribution in [0.15, 0.2) is 35.1 Å². The molecule has 0 saturated heterocycles. The fourth-order valence-corrected chi connectivity index (χ4v) is 1.17. The maximum absolute atomic E-state index is 5.18. The molecule has 0 saturated carbocycles. The lowest BCUT2D eigenvalue weighted by atomic mass is 10.1. The Balaban J connectivity index is 2.51. The van der Waals surface area contributed by atoms with Crippen molar-refractivity contribution in [3.05, 3.63) is 36.7 Å². The summed E-state index contributed by atoms with van der Waals surface area (Å²) in [6.45, 7) is 0. The highest BCUT2D eigenvalue weighted by Gasteiger charge is 2.06. The Labute approximate surface area is 75.9 Å². The fraction of sp³-hybridized carbons (Fsp3) is 0.100. The first-order valence-corrected chi connectivity index (χ1v) is 3.87. The molecule has 3 heteroatoms. The van der Waals surface area contributed by atoms with E-state index in [9.17, 15) is 0 Å². The molecule has 2 aromatic rings. The number of hydrogen-bond donors (Lipinski definition) is 0. The van der Waals surface area contributed by atoms with E-state index < -0.39 is 0 Å². The topological polar surface area (TPSA) is 35.3 Å². The number of methoxy groups -OCH3 is 1. The Kier molecular flexibility index (Phi) is 2.00. The summed E-state index contributed by atoms with van der Waals surface area (Å²) in [6.07, 6.45) is 4.27. The van der Waals surface area contributed by atoms with Crippen LogP contribution in [0.25, 0.3) is 11.1 Å². The molecule has 0 aliphatic rings. The zero-order chi connectivity index (χ0) is 9.10. The molecule has 0 atom stereocenters. The highest BCUT2D eigenvalue weighted by Crippen LogP contribution is 2.28. The SMILES string of the molecule is COc1ccccc1-c1[c]noc1. The van der Waals surface area contributed by atoms with E-state index in [1.807, 2.05) is 24.3 Å². The van der Waals surface area contributed by atoms with Gasteiger partial charge in [0, 0.05) is 5.56 Å². The molecule has 1 heterocycles. The lowest BCUT2D eigenvalue weighted by Gasteiger charge is -2.03. The maximum atomic E-state index is 5.18. The van der Waals surface area contributed by atoms with Gasteiger partial charge < -0.3 is 9.26 Å². The van der Waals surface area contributed by atoms with Crippen molar-refractivity contribution in [3.63, 3.8) is 0 Å². The molecule has 13 heavy (non-hydrogen) atoms. The van der Waals surface area contributed by atoms with E-state index in [0.29, 0.717) is 0 Å². The summed E-state index contributed by atoms with van der Waals surface area (Å²) in [4.78, 5) is 0. The van der Waals surface area contributed by atoms with Crippen molar-refractivity contribution < 1.29 is 9.26 Å². The van der Waals surface area contributed by atoms with Gasteiger partial charge in [-0.2, -0.15) is 0 Å². The molecule has 0 aliphatic carbocycles. The van der Waals surface area contributed by atoms with Gasteiger partial charge in [-0.1, -0.05) is 23.4 Å². The third-order valence-corrected chi connectivity index (χ3v) is 1.79. The molecule has 0 unspecified atom stereocenters. The van der Waals surface area contributed by atoms with E-state index in [2.05, 4.69) is 11.4 Å². The number of benzene rings is 1. The maximum Gasteiger partial charge on any atom is 0.144 e. The number of hydrogen-bond acceptors (Lipinski definition) is 3. The third-order valence-electron chi connectivity index (χ3n) is 1.79. The molecule has 0 N–H and O–H groups in total. The zero-order valence-corrected chi connectivity index (χ0v) is 7.15. The predicted molar refractivity (Wildman–Crippen MR) is 47.3 cm³/mol. The van der Waals surface area contributed by atoms with Crippen LogP contribution < -0.4 is 4.74 Å². The van der Waals surface area contributed by atoms with E-state index in [0.717, 1.165) is 16.9 Å². The second-order valence-corrected chi connectivity index (χ2v) is 2.54. The highest BCUT2D eigenvalue weighted by atomic mass is 16.5. The van der Waals surface area contributed by atoms with Crippen LogP contribution in [-0.4, -0.2) is 12.3 Å². The molecule has 1 aromatic carbocycles. The van der Waals surface area contributed by atoms with Gasteiger partial charge in [-0.25, -0.2) is 0 Å². The van der Waals surface area contributed by atoms with Gasteiger partial charge in [0.05, 0.1) is 12.7 Å². The second kappa shape index (κ2) is 3.31. The lowest BCUT2D eigenvalue weighted by molar-refractivity contribution is 0.415. The fourth-order valence-electron chi connectivity index (χ4n) is 1.17. The molecule has 0 bridgehead atoms. The van der Waals surface area contributed by atoms with Crippen molar-refractivity contribution in [2.75, 3.05) is 7.11 Å². The number of rotatable bonds is 2. The van der Waals surface area contributed by atoms with Gasteiger partial charge in [0.15, 0.2) is 0 Å². The predicted octanol–water partition coefficient (Wildman–Crippen LogP) is 2.15. The van der Waals surface area contributed by atoms with Gasteiger partial charge in [-0.05, 0) is 6.07 Å². The molecular formula is C10H8NO2. The van der Waals surface area contributed by atoms with Crippen molar-refractivity contribution in [2.45, 2.75) is 0 Å². The summed E-state index contributed by atoms with van der Waals surface area (Å²) in [5, 5.41) is 3.52. The normalized spacial score (nSPS) is 9.92. The monoisotopic (exact) mass is 174 g/mol. The molecular weight excluding hydrogens is 166 g/mol. The molecule has 0 fully saturated rings. The number of ether oxygens (including phenoxy) is 1. The minimum absolute atomic E-state index is 0.793. The van der Waals surface area contributed by atoms with Crippen molar-refractivity contribution in [2.24, 2.45) is 0 Å². The first-order valence-electron chi connectivity index (χ1n) is 3.87. The molecule has 1 radical (unpaired) electrons. The average molecular weight is 174 g/mol. The van der Waals surface area contributed by atoms with Crippen LogP contribution in [0.4, 0.5) is 0 Å². The van der Waals surface area contributed by atoms with E-state index in [-0.39, 0.29) is 0 Å². The summed E-state index contributed by atoms with van der Waals surface area (Å²) in [6, 6.07) is 7.66. The standard InChI is InChI=1S/C10H8NO2/c1-12-10-5-3-2-4-9(10)8-6-11-13-7-8/h2-5,7H,1H3. The molecule has 2 rings (SSSR count). The second-order valence-electron chi connectivity index (χ2n) is 2.54. The van der Waals surface area contributed by atoms with Gasteiger partial charge in [0.25, 0.3) is 0 Å². The molecule has 65 valence electrons. The summed E-state index contributed by atoms with van der Waals surface area (Å²) < 4.78 is 9.89. The first-order chi connectivity index (χ1) is 6.42. The molecule has 3 nitrogen and oxygen atoms in total.